The zero-order chi connectivity index (χ0) is 8.44. The van der Waals surface area contributed by atoms with E-state index in [4.69, 9.17) is 4.74 Å². The number of hydrogen-bond donors (Lipinski definition) is 2. The lowest BCUT2D eigenvalue weighted by Gasteiger charge is -2.43. The summed E-state index contributed by atoms with van der Waals surface area (Å²) in [5.41, 5.74) is 0.0677. The fourth-order valence-electron chi connectivity index (χ4n) is 2.04. The van der Waals surface area contributed by atoms with Crippen LogP contribution in [0.4, 0.5) is 0 Å². The van der Waals surface area contributed by atoms with E-state index in [0.29, 0.717) is 0 Å². The average molecular weight is 188 g/mol. The highest BCUT2D eigenvalue weighted by molar-refractivity contribution is 7.77. The second kappa shape index (κ2) is 3.54. The van der Waals surface area contributed by atoms with Crippen LogP contribution in [-0.4, -0.2) is 42.7 Å². The number of piperidine rings is 1. The van der Waals surface area contributed by atoms with E-state index in [1.807, 2.05) is 0 Å². The van der Waals surface area contributed by atoms with Crippen molar-refractivity contribution < 1.29 is 4.74 Å². The molecule has 1 atom stereocenters. The fourth-order valence-corrected chi connectivity index (χ4v) is 2.44. The molecular formula is C8H16N2OS. The average Bonchev–Trinajstić information content (AvgIpc) is 2.05. The van der Waals surface area contributed by atoms with Gasteiger partial charge in [0.1, 0.15) is 0 Å². The molecule has 70 valence electrons. The summed E-state index contributed by atoms with van der Waals surface area (Å²) in [6.45, 7) is 4.89. The van der Waals surface area contributed by atoms with Crippen molar-refractivity contribution in [3.63, 3.8) is 0 Å². The van der Waals surface area contributed by atoms with E-state index < -0.39 is 0 Å². The van der Waals surface area contributed by atoms with Gasteiger partial charge in [-0.3, -0.25) is 4.31 Å². The third kappa shape index (κ3) is 1.76. The highest BCUT2D eigenvalue weighted by atomic mass is 32.1. The maximum Gasteiger partial charge on any atom is 0.0942 e. The summed E-state index contributed by atoms with van der Waals surface area (Å²) in [5.74, 6) is 0. The molecule has 0 amide bonds. The van der Waals surface area contributed by atoms with Gasteiger partial charge in [-0.1, -0.05) is 12.8 Å². The fraction of sp³-hybridized carbons (Fsp3) is 1.00. The van der Waals surface area contributed by atoms with E-state index >= 15 is 0 Å². The van der Waals surface area contributed by atoms with E-state index in [2.05, 4.69) is 22.4 Å². The van der Waals surface area contributed by atoms with Crippen LogP contribution < -0.4 is 5.32 Å². The molecule has 0 radical (unpaired) electrons. The smallest absolute Gasteiger partial charge is 0.0942 e. The van der Waals surface area contributed by atoms with Gasteiger partial charge in [0.15, 0.2) is 0 Å². The number of nitrogens with zero attached hydrogens (tertiary/aromatic N) is 1. The normalized spacial score (nSPS) is 38.8. The van der Waals surface area contributed by atoms with Gasteiger partial charge in [0, 0.05) is 26.2 Å². The van der Waals surface area contributed by atoms with Gasteiger partial charge in [0.05, 0.1) is 12.2 Å². The van der Waals surface area contributed by atoms with Gasteiger partial charge < -0.3 is 10.1 Å². The molecule has 0 aromatic carbocycles. The summed E-state index contributed by atoms with van der Waals surface area (Å²) in [6.07, 6.45) is 2.38. The Kier molecular flexibility index (Phi) is 2.60. The molecule has 0 aliphatic carbocycles. The number of morpholine rings is 1. The van der Waals surface area contributed by atoms with Gasteiger partial charge >= 0.3 is 0 Å². The lowest BCUT2D eigenvalue weighted by atomic mass is 9.93. The van der Waals surface area contributed by atoms with Gasteiger partial charge in [0.2, 0.25) is 0 Å². The molecule has 4 heteroatoms. The predicted molar refractivity (Wildman–Crippen MR) is 51.3 cm³/mol. The topological polar surface area (TPSA) is 24.5 Å². The van der Waals surface area contributed by atoms with Crippen LogP contribution in [0.5, 0.6) is 0 Å². The van der Waals surface area contributed by atoms with E-state index in [1.165, 1.54) is 12.8 Å². The third-order valence-corrected chi connectivity index (χ3v) is 2.99. The third-order valence-electron chi connectivity index (χ3n) is 2.65. The Hall–Kier alpha value is 0.230. The minimum atomic E-state index is 0.0677. The Labute approximate surface area is 79.0 Å². The van der Waals surface area contributed by atoms with Crippen molar-refractivity contribution in [2.75, 3.05) is 32.8 Å². The zero-order valence-corrected chi connectivity index (χ0v) is 8.15. The molecule has 2 heterocycles. The van der Waals surface area contributed by atoms with Gasteiger partial charge in [0.25, 0.3) is 0 Å². The Morgan fingerprint density at radius 1 is 1.50 bits per heavy atom. The first-order valence-electron chi connectivity index (χ1n) is 4.59. The highest BCUT2D eigenvalue weighted by Gasteiger charge is 2.36. The van der Waals surface area contributed by atoms with E-state index in [0.717, 1.165) is 32.8 Å². The van der Waals surface area contributed by atoms with Crippen LogP contribution in [0.15, 0.2) is 0 Å². The molecule has 1 spiro atoms. The summed E-state index contributed by atoms with van der Waals surface area (Å²) >= 11 is 4.37. The molecule has 2 saturated heterocycles. The molecule has 0 bridgehead atoms. The van der Waals surface area contributed by atoms with Crippen molar-refractivity contribution in [3.8, 4) is 0 Å². The predicted octanol–water partition coefficient (Wildman–Crippen LogP) is 0.286. The van der Waals surface area contributed by atoms with Crippen LogP contribution in [0.2, 0.25) is 0 Å². The molecule has 1 N–H and O–H groups in total. The quantitative estimate of drug-likeness (QED) is 0.534. The molecule has 3 nitrogen and oxygen atoms in total. The Balaban J connectivity index is 1.97. The second-order valence-electron chi connectivity index (χ2n) is 3.70. The van der Waals surface area contributed by atoms with E-state index in [-0.39, 0.29) is 5.60 Å². The Bertz CT molecular complexity index is 154. The van der Waals surface area contributed by atoms with Crippen molar-refractivity contribution >= 4 is 12.8 Å². The molecule has 0 unspecified atom stereocenters. The maximum absolute atomic E-state index is 5.82. The largest absolute Gasteiger partial charge is 0.371 e. The van der Waals surface area contributed by atoms with E-state index in [9.17, 15) is 0 Å². The SMILES string of the molecule is SN1CCC[C@]2(CNCCO2)C1. The molecule has 2 fully saturated rings. The van der Waals surface area contributed by atoms with Crippen LogP contribution in [0.1, 0.15) is 12.8 Å². The van der Waals surface area contributed by atoms with Crippen molar-refractivity contribution in [1.82, 2.24) is 9.62 Å². The number of nitrogens with one attached hydrogen (secondary N) is 1. The number of ether oxygens (including phenoxy) is 1. The first-order valence-corrected chi connectivity index (χ1v) is 4.99. The Morgan fingerprint density at radius 3 is 3.08 bits per heavy atom. The molecule has 2 aliphatic heterocycles. The van der Waals surface area contributed by atoms with Crippen LogP contribution >= 0.6 is 12.8 Å². The number of thiol groups is 1. The molecule has 0 aromatic heterocycles. The molecule has 2 rings (SSSR count). The van der Waals surface area contributed by atoms with Crippen molar-refractivity contribution in [2.24, 2.45) is 0 Å². The monoisotopic (exact) mass is 188 g/mol. The van der Waals surface area contributed by atoms with E-state index in [1.54, 1.807) is 0 Å². The lowest BCUT2D eigenvalue weighted by molar-refractivity contribution is -0.0907. The maximum atomic E-state index is 5.82. The van der Waals surface area contributed by atoms with Crippen molar-refractivity contribution in [1.29, 1.82) is 0 Å². The number of hydrogen-bond acceptors (Lipinski definition) is 4. The second-order valence-corrected chi connectivity index (χ2v) is 4.27. The van der Waals surface area contributed by atoms with Crippen LogP contribution in [0.25, 0.3) is 0 Å². The van der Waals surface area contributed by atoms with Crippen molar-refractivity contribution in [2.45, 2.75) is 18.4 Å². The van der Waals surface area contributed by atoms with Crippen LogP contribution in [0.3, 0.4) is 0 Å². The first kappa shape index (κ1) is 8.81. The lowest BCUT2D eigenvalue weighted by Crippen LogP contribution is -2.57. The van der Waals surface area contributed by atoms with Gasteiger partial charge in [-0.05, 0) is 12.8 Å². The summed E-state index contributed by atoms with van der Waals surface area (Å²) in [6, 6.07) is 0. The highest BCUT2D eigenvalue weighted by Crippen LogP contribution is 2.26. The summed E-state index contributed by atoms with van der Waals surface area (Å²) in [7, 11) is 0. The molecule has 2 aliphatic rings. The standard InChI is InChI=1S/C8H16N2OS/c12-10-4-1-2-8(7-10)6-9-3-5-11-8/h9,12H,1-7H2/t8-/m0/s1. The minimum absolute atomic E-state index is 0.0677. The molecule has 12 heavy (non-hydrogen) atoms. The van der Waals surface area contributed by atoms with Crippen LogP contribution in [0, 0.1) is 0 Å². The van der Waals surface area contributed by atoms with Gasteiger partial charge in [-0.25, -0.2) is 0 Å². The number of rotatable bonds is 0. The first-order chi connectivity index (χ1) is 5.81. The minimum Gasteiger partial charge on any atom is -0.371 e. The van der Waals surface area contributed by atoms with Crippen LogP contribution in [-0.2, 0) is 4.74 Å². The molecule has 0 aromatic rings. The summed E-state index contributed by atoms with van der Waals surface area (Å²) < 4.78 is 7.89. The molecule has 0 saturated carbocycles. The summed E-state index contributed by atoms with van der Waals surface area (Å²) in [4.78, 5) is 0. The zero-order valence-electron chi connectivity index (χ0n) is 7.25. The Morgan fingerprint density at radius 2 is 2.42 bits per heavy atom. The van der Waals surface area contributed by atoms with Gasteiger partial charge in [-0.2, -0.15) is 0 Å². The summed E-state index contributed by atoms with van der Waals surface area (Å²) in [5, 5.41) is 3.38. The van der Waals surface area contributed by atoms with Gasteiger partial charge in [-0.15, -0.1) is 0 Å². The molecular weight excluding hydrogens is 172 g/mol. The van der Waals surface area contributed by atoms with Crippen molar-refractivity contribution in [3.05, 3.63) is 0 Å².